The van der Waals surface area contributed by atoms with Crippen LogP contribution in [0.5, 0.6) is 0 Å². The fourth-order valence-corrected chi connectivity index (χ4v) is 2.69. The summed E-state index contributed by atoms with van der Waals surface area (Å²) in [4.78, 5) is 16.4. The van der Waals surface area contributed by atoms with Crippen molar-refractivity contribution in [3.05, 3.63) is 47.3 Å². The zero-order valence-electron chi connectivity index (χ0n) is 12.4. The highest BCUT2D eigenvalue weighted by atomic mass is 16.5. The Morgan fingerprint density at radius 1 is 1.14 bits per heavy atom. The summed E-state index contributed by atoms with van der Waals surface area (Å²) >= 11 is 0. The van der Waals surface area contributed by atoms with E-state index in [1.807, 2.05) is 17.9 Å². The largest absolute Gasteiger partial charge is 0.368 e. The second kappa shape index (κ2) is 5.60. The van der Waals surface area contributed by atoms with Crippen LogP contribution in [0.15, 0.2) is 34.9 Å². The van der Waals surface area contributed by atoms with Crippen LogP contribution in [0.2, 0.25) is 0 Å². The highest BCUT2D eigenvalue weighted by Crippen LogP contribution is 2.21. The molecule has 0 N–H and O–H groups in total. The lowest BCUT2D eigenvalue weighted by Crippen LogP contribution is -2.48. The summed E-state index contributed by atoms with van der Waals surface area (Å²) in [6.45, 7) is 7.01. The molecule has 1 aromatic heterocycles. The second-order valence-corrected chi connectivity index (χ2v) is 5.40. The molecular weight excluding hydrogens is 266 g/mol. The first kappa shape index (κ1) is 13.7. The lowest BCUT2D eigenvalue weighted by Gasteiger charge is -2.36. The molecule has 1 aliphatic rings. The zero-order valence-corrected chi connectivity index (χ0v) is 12.4. The Morgan fingerprint density at radius 2 is 1.86 bits per heavy atom. The standard InChI is InChI=1S/C16H19N3O2/c1-12-5-3-4-6-14(12)18-7-9-19(10-8-18)16(20)15-11-13(2)17-21-15/h3-6,11H,7-10H2,1-2H3. The number of piperazine rings is 1. The van der Waals surface area contributed by atoms with Gasteiger partial charge in [-0.05, 0) is 25.5 Å². The monoisotopic (exact) mass is 285 g/mol. The third kappa shape index (κ3) is 2.77. The molecule has 0 spiro atoms. The van der Waals surface area contributed by atoms with Gasteiger partial charge in [-0.2, -0.15) is 0 Å². The quantitative estimate of drug-likeness (QED) is 0.849. The molecule has 1 fully saturated rings. The Balaban J connectivity index is 1.65. The van der Waals surface area contributed by atoms with Crippen molar-refractivity contribution in [2.24, 2.45) is 0 Å². The smallest absolute Gasteiger partial charge is 0.292 e. The van der Waals surface area contributed by atoms with E-state index >= 15 is 0 Å². The van der Waals surface area contributed by atoms with Crippen LogP contribution in [0.25, 0.3) is 0 Å². The predicted molar refractivity (Wildman–Crippen MR) is 80.5 cm³/mol. The number of amides is 1. The number of aromatic nitrogens is 1. The number of hydrogen-bond acceptors (Lipinski definition) is 4. The van der Waals surface area contributed by atoms with E-state index in [0.717, 1.165) is 18.8 Å². The van der Waals surface area contributed by atoms with E-state index in [2.05, 4.69) is 35.2 Å². The Morgan fingerprint density at radius 3 is 2.48 bits per heavy atom. The number of benzene rings is 1. The van der Waals surface area contributed by atoms with Gasteiger partial charge in [0.15, 0.2) is 0 Å². The van der Waals surface area contributed by atoms with Crippen molar-refractivity contribution in [2.45, 2.75) is 13.8 Å². The van der Waals surface area contributed by atoms with E-state index in [4.69, 9.17) is 4.52 Å². The van der Waals surface area contributed by atoms with Gasteiger partial charge < -0.3 is 14.3 Å². The third-order valence-corrected chi connectivity index (χ3v) is 3.86. The Kier molecular flexibility index (Phi) is 3.64. The molecule has 0 saturated carbocycles. The molecule has 0 unspecified atom stereocenters. The molecule has 0 atom stereocenters. The average Bonchev–Trinajstić information content (AvgIpc) is 2.94. The van der Waals surface area contributed by atoms with Crippen LogP contribution in [-0.4, -0.2) is 42.1 Å². The van der Waals surface area contributed by atoms with Crippen molar-refractivity contribution in [3.63, 3.8) is 0 Å². The molecule has 3 rings (SSSR count). The molecule has 5 heteroatoms. The summed E-state index contributed by atoms with van der Waals surface area (Å²) in [5, 5.41) is 3.77. The number of hydrogen-bond donors (Lipinski definition) is 0. The fourth-order valence-electron chi connectivity index (χ4n) is 2.69. The molecule has 1 aliphatic heterocycles. The molecule has 1 saturated heterocycles. The van der Waals surface area contributed by atoms with Crippen LogP contribution in [0.3, 0.4) is 0 Å². The molecule has 0 bridgehead atoms. The number of para-hydroxylation sites is 1. The summed E-state index contributed by atoms with van der Waals surface area (Å²) in [7, 11) is 0. The molecule has 1 amide bonds. The maximum atomic E-state index is 12.3. The third-order valence-electron chi connectivity index (χ3n) is 3.86. The van der Waals surface area contributed by atoms with Gasteiger partial charge in [-0.15, -0.1) is 0 Å². The van der Waals surface area contributed by atoms with Gasteiger partial charge in [0.1, 0.15) is 0 Å². The van der Waals surface area contributed by atoms with Crippen LogP contribution in [0.1, 0.15) is 21.8 Å². The first-order valence-corrected chi connectivity index (χ1v) is 7.18. The van der Waals surface area contributed by atoms with Crippen LogP contribution < -0.4 is 4.90 Å². The van der Waals surface area contributed by atoms with E-state index < -0.39 is 0 Å². The highest BCUT2D eigenvalue weighted by molar-refractivity contribution is 5.91. The fraction of sp³-hybridized carbons (Fsp3) is 0.375. The Hall–Kier alpha value is -2.30. The molecular formula is C16H19N3O2. The highest BCUT2D eigenvalue weighted by Gasteiger charge is 2.25. The van der Waals surface area contributed by atoms with Crippen molar-refractivity contribution in [1.82, 2.24) is 10.1 Å². The molecule has 0 radical (unpaired) electrons. The van der Waals surface area contributed by atoms with Crippen molar-refractivity contribution in [2.75, 3.05) is 31.1 Å². The lowest BCUT2D eigenvalue weighted by molar-refractivity contribution is 0.0704. The van der Waals surface area contributed by atoms with Gasteiger partial charge in [-0.1, -0.05) is 23.4 Å². The van der Waals surface area contributed by atoms with Gasteiger partial charge in [-0.3, -0.25) is 4.79 Å². The number of carbonyl (C=O) groups excluding carboxylic acids is 1. The number of rotatable bonds is 2. The Bertz CT molecular complexity index is 642. The van der Waals surface area contributed by atoms with Gasteiger partial charge in [0.25, 0.3) is 5.91 Å². The van der Waals surface area contributed by atoms with E-state index in [1.165, 1.54) is 11.3 Å². The SMILES string of the molecule is Cc1cc(C(=O)N2CCN(c3ccccc3C)CC2)on1. The van der Waals surface area contributed by atoms with Crippen molar-refractivity contribution < 1.29 is 9.32 Å². The molecule has 5 nitrogen and oxygen atoms in total. The van der Waals surface area contributed by atoms with Crippen molar-refractivity contribution in [1.29, 1.82) is 0 Å². The van der Waals surface area contributed by atoms with Gasteiger partial charge in [0, 0.05) is 37.9 Å². The first-order valence-electron chi connectivity index (χ1n) is 7.18. The van der Waals surface area contributed by atoms with E-state index in [0.29, 0.717) is 18.8 Å². The van der Waals surface area contributed by atoms with E-state index in [1.54, 1.807) is 6.07 Å². The summed E-state index contributed by atoms with van der Waals surface area (Å²) in [6, 6.07) is 10.0. The molecule has 2 heterocycles. The van der Waals surface area contributed by atoms with Crippen molar-refractivity contribution >= 4 is 11.6 Å². The summed E-state index contributed by atoms with van der Waals surface area (Å²) in [6.07, 6.45) is 0. The maximum absolute atomic E-state index is 12.3. The minimum Gasteiger partial charge on any atom is -0.368 e. The molecule has 110 valence electrons. The lowest BCUT2D eigenvalue weighted by atomic mass is 10.1. The summed E-state index contributed by atoms with van der Waals surface area (Å²) in [5.74, 6) is 0.261. The maximum Gasteiger partial charge on any atom is 0.292 e. The first-order chi connectivity index (χ1) is 10.1. The minimum absolute atomic E-state index is 0.0694. The van der Waals surface area contributed by atoms with Crippen molar-refractivity contribution in [3.8, 4) is 0 Å². The van der Waals surface area contributed by atoms with Crippen LogP contribution in [0.4, 0.5) is 5.69 Å². The predicted octanol–water partition coefficient (Wildman–Crippen LogP) is 2.25. The zero-order chi connectivity index (χ0) is 14.8. The molecule has 21 heavy (non-hydrogen) atoms. The number of aryl methyl sites for hydroxylation is 2. The van der Waals surface area contributed by atoms with Crippen LogP contribution >= 0.6 is 0 Å². The molecule has 1 aromatic carbocycles. The van der Waals surface area contributed by atoms with E-state index in [9.17, 15) is 4.79 Å². The van der Waals surface area contributed by atoms with Gasteiger partial charge in [-0.25, -0.2) is 0 Å². The number of anilines is 1. The van der Waals surface area contributed by atoms with Crippen LogP contribution in [0, 0.1) is 13.8 Å². The van der Waals surface area contributed by atoms with Gasteiger partial charge in [0.05, 0.1) is 5.69 Å². The van der Waals surface area contributed by atoms with E-state index in [-0.39, 0.29) is 5.91 Å². The molecule has 0 aliphatic carbocycles. The average molecular weight is 285 g/mol. The molecule has 2 aromatic rings. The van der Waals surface area contributed by atoms with Crippen LogP contribution in [-0.2, 0) is 0 Å². The second-order valence-electron chi connectivity index (χ2n) is 5.40. The van der Waals surface area contributed by atoms with Gasteiger partial charge >= 0.3 is 0 Å². The number of nitrogens with zero attached hydrogens (tertiary/aromatic N) is 3. The normalized spacial score (nSPS) is 15.3. The summed E-state index contributed by atoms with van der Waals surface area (Å²) < 4.78 is 5.06. The number of carbonyl (C=O) groups is 1. The minimum atomic E-state index is -0.0694. The topological polar surface area (TPSA) is 49.6 Å². The summed E-state index contributed by atoms with van der Waals surface area (Å²) in [5.41, 5.74) is 3.25. The van der Waals surface area contributed by atoms with Gasteiger partial charge in [0.2, 0.25) is 5.76 Å². The Labute approximate surface area is 124 Å².